The summed E-state index contributed by atoms with van der Waals surface area (Å²) in [5.41, 5.74) is 0.306. The molecule has 112 valence electrons. The van der Waals surface area contributed by atoms with E-state index in [4.69, 9.17) is 55.9 Å². The molecule has 0 N–H and O–H groups in total. The van der Waals surface area contributed by atoms with E-state index in [0.29, 0.717) is 12.4 Å². The van der Waals surface area contributed by atoms with Crippen molar-refractivity contribution in [3.05, 3.63) is 35.0 Å². The molecule has 21 heavy (non-hydrogen) atoms. The molecule has 1 saturated heterocycles. The normalized spacial score (nSPS) is 21.3. The largest absolute Gasteiger partial charge is 0.436 e. The fourth-order valence-corrected chi connectivity index (χ4v) is 3.23. The summed E-state index contributed by atoms with van der Waals surface area (Å²) < 4.78 is 17.5. The lowest BCUT2D eigenvalue weighted by molar-refractivity contribution is 0.294. The Bertz CT molecular complexity index is 655. The number of alkyl halides is 3. The van der Waals surface area contributed by atoms with Crippen molar-refractivity contribution in [2.45, 2.75) is 15.8 Å². The number of rotatable bonds is 4. The van der Waals surface area contributed by atoms with Gasteiger partial charge in [0.2, 0.25) is 5.15 Å². The first-order valence-electron chi connectivity index (χ1n) is 5.85. The smallest absolute Gasteiger partial charge is 0.270 e. The molecule has 1 fully saturated rings. The van der Waals surface area contributed by atoms with Crippen LogP contribution in [0.2, 0.25) is 5.15 Å². The average molecular weight is 386 g/mol. The maximum Gasteiger partial charge on any atom is 0.270 e. The van der Waals surface area contributed by atoms with Crippen molar-refractivity contribution in [1.82, 2.24) is 8.75 Å². The van der Waals surface area contributed by atoms with Crippen LogP contribution in [-0.4, -0.2) is 19.1 Å². The summed E-state index contributed by atoms with van der Waals surface area (Å²) in [5.74, 6) is 0.840. The summed E-state index contributed by atoms with van der Waals surface area (Å²) in [6.07, 6.45) is 0.271. The highest BCUT2D eigenvalue weighted by Crippen LogP contribution is 2.50. The van der Waals surface area contributed by atoms with E-state index in [1.54, 1.807) is 6.07 Å². The molecule has 0 amide bonds. The third kappa shape index (κ3) is 3.73. The first kappa shape index (κ1) is 15.6. The van der Waals surface area contributed by atoms with Gasteiger partial charge in [-0.3, -0.25) is 0 Å². The minimum atomic E-state index is -1.38. The third-order valence-electron chi connectivity index (χ3n) is 2.97. The quantitative estimate of drug-likeness (QED) is 0.550. The second kappa shape index (κ2) is 5.72. The molecule has 0 aliphatic carbocycles. The summed E-state index contributed by atoms with van der Waals surface area (Å²) >= 11 is 24.4. The van der Waals surface area contributed by atoms with Crippen molar-refractivity contribution >= 4 is 58.1 Å². The molecule has 2 aromatic rings. The molecule has 9 heteroatoms. The molecule has 1 atom stereocenters. The van der Waals surface area contributed by atoms with Crippen molar-refractivity contribution in [3.8, 4) is 11.6 Å². The van der Waals surface area contributed by atoms with E-state index >= 15 is 0 Å². The number of hydrogen-bond acceptors (Lipinski definition) is 5. The summed E-state index contributed by atoms with van der Waals surface area (Å²) in [6.45, 7) is 0.503. The highest BCUT2D eigenvalue weighted by molar-refractivity contribution is 6.99. The van der Waals surface area contributed by atoms with E-state index in [9.17, 15) is 0 Å². The van der Waals surface area contributed by atoms with Gasteiger partial charge in [0.05, 0.1) is 18.3 Å². The number of nitrogens with zero attached hydrogens (tertiary/aromatic N) is 2. The Balaban J connectivity index is 1.82. The van der Waals surface area contributed by atoms with Gasteiger partial charge in [-0.05, 0) is 17.7 Å². The Morgan fingerprint density at radius 3 is 2.67 bits per heavy atom. The van der Waals surface area contributed by atoms with Gasteiger partial charge in [0, 0.05) is 6.42 Å². The zero-order valence-electron chi connectivity index (χ0n) is 10.4. The first-order chi connectivity index (χ1) is 9.88. The highest BCUT2D eigenvalue weighted by Gasteiger charge is 2.51. The standard InChI is InChI=1S/C12H8Cl4N2O2S/c13-9-10(18-21-17-9)20-8-3-1-2-7(4-8)11(6-19-11)5-12(14,15)16/h1-4H,5-6H2. The van der Waals surface area contributed by atoms with Crippen LogP contribution < -0.4 is 4.74 Å². The van der Waals surface area contributed by atoms with Crippen molar-refractivity contribution in [3.63, 3.8) is 0 Å². The number of epoxide rings is 1. The lowest BCUT2D eigenvalue weighted by atomic mass is 9.97. The van der Waals surface area contributed by atoms with Crippen molar-refractivity contribution < 1.29 is 9.47 Å². The third-order valence-corrected chi connectivity index (χ3v) is 4.23. The van der Waals surface area contributed by atoms with Crippen LogP contribution in [0, 0.1) is 0 Å². The minimum absolute atomic E-state index is 0.226. The molecule has 4 nitrogen and oxygen atoms in total. The van der Waals surface area contributed by atoms with E-state index in [1.807, 2.05) is 18.2 Å². The van der Waals surface area contributed by atoms with Crippen LogP contribution in [0.1, 0.15) is 12.0 Å². The van der Waals surface area contributed by atoms with E-state index in [0.717, 1.165) is 17.3 Å². The molecular formula is C12H8Cl4N2O2S. The number of benzene rings is 1. The molecule has 0 radical (unpaired) electrons. The van der Waals surface area contributed by atoms with Crippen molar-refractivity contribution in [1.29, 1.82) is 0 Å². The molecule has 1 unspecified atom stereocenters. The van der Waals surface area contributed by atoms with E-state index in [1.165, 1.54) is 0 Å². The lowest BCUT2D eigenvalue weighted by Gasteiger charge is -2.18. The van der Waals surface area contributed by atoms with Crippen LogP contribution in [0.4, 0.5) is 0 Å². The molecular weight excluding hydrogens is 378 g/mol. The zero-order valence-corrected chi connectivity index (χ0v) is 14.2. The van der Waals surface area contributed by atoms with Gasteiger partial charge in [0.1, 0.15) is 11.4 Å². The van der Waals surface area contributed by atoms with E-state index < -0.39 is 9.39 Å². The van der Waals surface area contributed by atoms with Crippen LogP contribution in [-0.2, 0) is 10.3 Å². The monoisotopic (exact) mass is 384 g/mol. The molecule has 1 aromatic carbocycles. The number of ether oxygens (including phenoxy) is 2. The Labute approximate surface area is 145 Å². The van der Waals surface area contributed by atoms with Gasteiger partial charge in [-0.1, -0.05) is 58.5 Å². The molecule has 0 bridgehead atoms. The van der Waals surface area contributed by atoms with Gasteiger partial charge in [-0.25, -0.2) is 0 Å². The maximum atomic E-state index is 5.87. The lowest BCUT2D eigenvalue weighted by Crippen LogP contribution is -2.18. The van der Waals surface area contributed by atoms with Crippen LogP contribution in [0.5, 0.6) is 11.6 Å². The predicted molar refractivity (Wildman–Crippen MR) is 84.0 cm³/mol. The van der Waals surface area contributed by atoms with Gasteiger partial charge in [-0.15, -0.1) is 4.37 Å². The molecule has 1 aliphatic rings. The number of aromatic nitrogens is 2. The second-order valence-corrected chi connectivity index (χ2v) is 7.97. The Hall–Kier alpha value is -0.300. The van der Waals surface area contributed by atoms with Crippen LogP contribution >= 0.6 is 58.1 Å². The highest BCUT2D eigenvalue weighted by atomic mass is 35.6. The van der Waals surface area contributed by atoms with Crippen molar-refractivity contribution in [2.24, 2.45) is 0 Å². The van der Waals surface area contributed by atoms with Gasteiger partial charge in [-0.2, -0.15) is 4.37 Å². The average Bonchev–Trinajstić information content (AvgIpc) is 3.06. The Morgan fingerprint density at radius 2 is 2.10 bits per heavy atom. The fraction of sp³-hybridized carbons (Fsp3) is 0.333. The van der Waals surface area contributed by atoms with E-state index in [-0.39, 0.29) is 17.5 Å². The summed E-state index contributed by atoms with van der Waals surface area (Å²) in [5, 5.41) is 0.226. The molecule has 2 heterocycles. The Morgan fingerprint density at radius 1 is 1.33 bits per heavy atom. The Kier molecular flexibility index (Phi) is 4.25. The van der Waals surface area contributed by atoms with Crippen LogP contribution in [0.3, 0.4) is 0 Å². The second-order valence-electron chi connectivity index (χ2n) is 4.57. The predicted octanol–water partition coefficient (Wildman–Crippen LogP) is 4.97. The topological polar surface area (TPSA) is 47.5 Å². The summed E-state index contributed by atoms with van der Waals surface area (Å²) in [6, 6.07) is 7.33. The zero-order chi connectivity index (χ0) is 15.1. The first-order valence-corrected chi connectivity index (χ1v) is 8.09. The van der Waals surface area contributed by atoms with Gasteiger partial charge < -0.3 is 9.47 Å². The SMILES string of the molecule is Clc1nsnc1Oc1cccc(C2(CC(Cl)(Cl)Cl)CO2)c1. The van der Waals surface area contributed by atoms with Gasteiger partial charge in [0.15, 0.2) is 3.79 Å². The maximum absolute atomic E-state index is 5.87. The van der Waals surface area contributed by atoms with Gasteiger partial charge >= 0.3 is 0 Å². The molecule has 1 aromatic heterocycles. The number of hydrogen-bond donors (Lipinski definition) is 0. The summed E-state index contributed by atoms with van der Waals surface area (Å²) in [4.78, 5) is 0. The van der Waals surface area contributed by atoms with Crippen molar-refractivity contribution in [2.75, 3.05) is 6.61 Å². The van der Waals surface area contributed by atoms with Gasteiger partial charge in [0.25, 0.3) is 5.88 Å². The fourth-order valence-electron chi connectivity index (χ4n) is 1.97. The van der Waals surface area contributed by atoms with Crippen LogP contribution in [0.25, 0.3) is 0 Å². The number of halogens is 4. The van der Waals surface area contributed by atoms with E-state index in [2.05, 4.69) is 8.75 Å². The molecule has 3 rings (SSSR count). The summed E-state index contributed by atoms with van der Waals surface area (Å²) in [7, 11) is 0. The molecule has 0 saturated carbocycles. The molecule has 1 aliphatic heterocycles. The minimum Gasteiger partial charge on any atom is -0.436 e. The molecule has 0 spiro atoms. The van der Waals surface area contributed by atoms with Crippen LogP contribution in [0.15, 0.2) is 24.3 Å².